The Bertz CT molecular complexity index is 894. The number of alkyl carbamates (subject to hydrolysis) is 1. The molecule has 0 aliphatic carbocycles. The average Bonchev–Trinajstić information content (AvgIpc) is 2.76. The third-order valence-electron chi connectivity index (χ3n) is 4.15. The molecule has 0 saturated carbocycles. The van der Waals surface area contributed by atoms with Crippen LogP contribution in [0.25, 0.3) is 11.1 Å². The minimum atomic E-state index is -0.509. The lowest BCUT2D eigenvalue weighted by Crippen LogP contribution is -2.34. The van der Waals surface area contributed by atoms with Gasteiger partial charge in [-0.05, 0) is 28.8 Å². The molecule has 0 atom stereocenters. The van der Waals surface area contributed by atoms with E-state index in [0.717, 1.165) is 16.7 Å². The molecular formula is C23H22N2O3. The molecule has 142 valence electrons. The summed E-state index contributed by atoms with van der Waals surface area (Å²) in [6.07, 6.45) is -0.509. The predicted octanol–water partition coefficient (Wildman–Crippen LogP) is 4.01. The number of ether oxygens (including phenoxy) is 1. The Hall–Kier alpha value is -3.60. The van der Waals surface area contributed by atoms with Gasteiger partial charge in [-0.2, -0.15) is 0 Å². The third-order valence-corrected chi connectivity index (χ3v) is 4.15. The number of carbonyl (C=O) groups is 2. The molecule has 0 aliphatic heterocycles. The second-order valence-corrected chi connectivity index (χ2v) is 6.19. The first-order valence-corrected chi connectivity index (χ1v) is 9.10. The first kappa shape index (κ1) is 19.2. The maximum Gasteiger partial charge on any atom is 0.407 e. The Balaban J connectivity index is 1.38. The van der Waals surface area contributed by atoms with Crippen molar-refractivity contribution >= 4 is 12.0 Å². The lowest BCUT2D eigenvalue weighted by molar-refractivity contribution is 0.0951. The quantitative estimate of drug-likeness (QED) is 0.614. The molecule has 5 heteroatoms. The number of carbonyl (C=O) groups excluding carboxylic acids is 2. The number of benzene rings is 3. The van der Waals surface area contributed by atoms with E-state index in [-0.39, 0.29) is 12.5 Å². The standard InChI is InChI=1S/C23H22N2O3/c26-22(21-13-11-20(12-14-21)19-9-5-2-6-10-19)24-15-16-25-23(27)28-17-18-7-3-1-4-8-18/h1-14H,15-17H2,(H,24,26)(H,25,27). The van der Waals surface area contributed by atoms with Gasteiger partial charge in [0.1, 0.15) is 6.61 Å². The molecule has 0 fully saturated rings. The molecule has 0 aromatic heterocycles. The summed E-state index contributed by atoms with van der Waals surface area (Å²) in [6, 6.07) is 26.9. The molecule has 3 aromatic carbocycles. The van der Waals surface area contributed by atoms with Gasteiger partial charge >= 0.3 is 6.09 Å². The number of amides is 2. The van der Waals surface area contributed by atoms with Crippen molar-refractivity contribution in [2.75, 3.05) is 13.1 Å². The molecule has 0 unspecified atom stereocenters. The number of nitrogens with one attached hydrogen (secondary N) is 2. The van der Waals surface area contributed by atoms with Crippen LogP contribution >= 0.6 is 0 Å². The van der Waals surface area contributed by atoms with Crippen LogP contribution < -0.4 is 10.6 Å². The number of hydrogen-bond donors (Lipinski definition) is 2. The van der Waals surface area contributed by atoms with Gasteiger partial charge in [0, 0.05) is 18.7 Å². The van der Waals surface area contributed by atoms with E-state index in [1.807, 2.05) is 72.8 Å². The fraction of sp³-hybridized carbons (Fsp3) is 0.130. The largest absolute Gasteiger partial charge is 0.445 e. The van der Waals surface area contributed by atoms with Crippen LogP contribution in [0.15, 0.2) is 84.9 Å². The van der Waals surface area contributed by atoms with Crippen LogP contribution in [0.2, 0.25) is 0 Å². The highest BCUT2D eigenvalue weighted by atomic mass is 16.5. The molecule has 2 amide bonds. The summed E-state index contributed by atoms with van der Waals surface area (Å²) in [6.45, 7) is 0.827. The molecule has 0 radical (unpaired) electrons. The summed E-state index contributed by atoms with van der Waals surface area (Å²) >= 11 is 0. The van der Waals surface area contributed by atoms with Gasteiger partial charge in [-0.1, -0.05) is 72.8 Å². The summed E-state index contributed by atoms with van der Waals surface area (Å²) in [4.78, 5) is 23.9. The lowest BCUT2D eigenvalue weighted by atomic mass is 10.0. The summed E-state index contributed by atoms with van der Waals surface area (Å²) in [5, 5.41) is 5.39. The van der Waals surface area contributed by atoms with Crippen molar-refractivity contribution < 1.29 is 14.3 Å². The van der Waals surface area contributed by atoms with Crippen molar-refractivity contribution in [1.82, 2.24) is 10.6 Å². The van der Waals surface area contributed by atoms with Crippen LogP contribution in [0.3, 0.4) is 0 Å². The highest BCUT2D eigenvalue weighted by molar-refractivity contribution is 5.94. The van der Waals surface area contributed by atoms with E-state index in [0.29, 0.717) is 18.7 Å². The Labute approximate surface area is 164 Å². The zero-order valence-corrected chi connectivity index (χ0v) is 15.4. The van der Waals surface area contributed by atoms with Crippen molar-refractivity contribution in [3.8, 4) is 11.1 Å². The van der Waals surface area contributed by atoms with Gasteiger partial charge < -0.3 is 15.4 Å². The molecule has 3 aromatic rings. The summed E-state index contributed by atoms with van der Waals surface area (Å²) < 4.78 is 5.11. The molecule has 0 spiro atoms. The first-order chi connectivity index (χ1) is 13.7. The highest BCUT2D eigenvalue weighted by Crippen LogP contribution is 2.19. The summed E-state index contributed by atoms with van der Waals surface area (Å²) in [5.74, 6) is -0.181. The van der Waals surface area contributed by atoms with Crippen LogP contribution in [0.1, 0.15) is 15.9 Å². The third kappa shape index (κ3) is 5.71. The Morgan fingerprint density at radius 1 is 0.679 bits per heavy atom. The zero-order valence-electron chi connectivity index (χ0n) is 15.4. The van der Waals surface area contributed by atoms with E-state index < -0.39 is 6.09 Å². The minimum absolute atomic E-state index is 0.181. The van der Waals surface area contributed by atoms with Gasteiger partial charge in [0.15, 0.2) is 0 Å². The number of hydrogen-bond acceptors (Lipinski definition) is 3. The number of rotatable bonds is 7. The highest BCUT2D eigenvalue weighted by Gasteiger charge is 2.06. The Morgan fingerprint density at radius 2 is 1.25 bits per heavy atom. The molecule has 5 nitrogen and oxygen atoms in total. The normalized spacial score (nSPS) is 10.1. The van der Waals surface area contributed by atoms with Gasteiger partial charge in [-0.3, -0.25) is 4.79 Å². The fourth-order valence-electron chi connectivity index (χ4n) is 2.66. The predicted molar refractivity (Wildman–Crippen MR) is 109 cm³/mol. The van der Waals surface area contributed by atoms with Crippen molar-refractivity contribution in [3.05, 3.63) is 96.1 Å². The van der Waals surface area contributed by atoms with Gasteiger partial charge in [-0.25, -0.2) is 4.79 Å². The second kappa shape index (κ2) is 9.92. The summed E-state index contributed by atoms with van der Waals surface area (Å²) in [7, 11) is 0. The van der Waals surface area contributed by atoms with Crippen LogP contribution in [-0.2, 0) is 11.3 Å². The second-order valence-electron chi connectivity index (χ2n) is 6.19. The van der Waals surface area contributed by atoms with Crippen molar-refractivity contribution in [2.24, 2.45) is 0 Å². The lowest BCUT2D eigenvalue weighted by Gasteiger charge is -2.09. The topological polar surface area (TPSA) is 67.4 Å². The first-order valence-electron chi connectivity index (χ1n) is 9.10. The van der Waals surface area contributed by atoms with Crippen molar-refractivity contribution in [2.45, 2.75) is 6.61 Å². The van der Waals surface area contributed by atoms with Gasteiger partial charge in [-0.15, -0.1) is 0 Å². The monoisotopic (exact) mass is 374 g/mol. The average molecular weight is 374 g/mol. The molecule has 0 aliphatic rings. The minimum Gasteiger partial charge on any atom is -0.445 e. The summed E-state index contributed by atoms with van der Waals surface area (Å²) in [5.41, 5.74) is 3.66. The molecule has 0 bridgehead atoms. The maximum atomic E-state index is 12.2. The zero-order chi connectivity index (χ0) is 19.6. The van der Waals surface area contributed by atoms with E-state index in [1.54, 1.807) is 12.1 Å². The Kier molecular flexibility index (Phi) is 6.79. The van der Waals surface area contributed by atoms with E-state index in [1.165, 1.54) is 0 Å². The molecule has 0 heterocycles. The maximum absolute atomic E-state index is 12.2. The molecule has 0 saturated heterocycles. The molecule has 2 N–H and O–H groups in total. The van der Waals surface area contributed by atoms with E-state index in [2.05, 4.69) is 10.6 Å². The van der Waals surface area contributed by atoms with Crippen LogP contribution in [0, 0.1) is 0 Å². The SMILES string of the molecule is O=C(NCCNC(=O)c1ccc(-c2ccccc2)cc1)OCc1ccccc1. The van der Waals surface area contributed by atoms with Crippen LogP contribution in [0.4, 0.5) is 4.79 Å². The van der Waals surface area contributed by atoms with Gasteiger partial charge in [0.2, 0.25) is 0 Å². The van der Waals surface area contributed by atoms with Crippen LogP contribution in [0.5, 0.6) is 0 Å². The van der Waals surface area contributed by atoms with Crippen molar-refractivity contribution in [1.29, 1.82) is 0 Å². The molecular weight excluding hydrogens is 352 g/mol. The van der Waals surface area contributed by atoms with E-state index in [4.69, 9.17) is 4.74 Å². The smallest absolute Gasteiger partial charge is 0.407 e. The van der Waals surface area contributed by atoms with Crippen LogP contribution in [-0.4, -0.2) is 25.1 Å². The fourth-order valence-corrected chi connectivity index (χ4v) is 2.66. The van der Waals surface area contributed by atoms with Gasteiger partial charge in [0.05, 0.1) is 0 Å². The van der Waals surface area contributed by atoms with E-state index >= 15 is 0 Å². The van der Waals surface area contributed by atoms with Crippen molar-refractivity contribution in [3.63, 3.8) is 0 Å². The molecule has 3 rings (SSSR count). The van der Waals surface area contributed by atoms with Gasteiger partial charge in [0.25, 0.3) is 5.91 Å². The Morgan fingerprint density at radius 3 is 1.93 bits per heavy atom. The molecule has 28 heavy (non-hydrogen) atoms. The van der Waals surface area contributed by atoms with E-state index in [9.17, 15) is 9.59 Å².